The van der Waals surface area contributed by atoms with E-state index in [1.54, 1.807) is 26.2 Å². The first-order chi connectivity index (χ1) is 15.5. The predicted octanol–water partition coefficient (Wildman–Crippen LogP) is 3.78. The molecule has 0 aliphatic heterocycles. The van der Waals surface area contributed by atoms with Gasteiger partial charge in [-0.05, 0) is 49.9 Å². The number of urea groups is 1. The average molecular weight is 453 g/mol. The quantitative estimate of drug-likeness (QED) is 0.504. The van der Waals surface area contributed by atoms with Gasteiger partial charge in [0.15, 0.2) is 11.0 Å². The van der Waals surface area contributed by atoms with Crippen molar-refractivity contribution in [3.63, 3.8) is 0 Å². The van der Waals surface area contributed by atoms with Crippen molar-refractivity contribution in [1.82, 2.24) is 30.4 Å². The van der Waals surface area contributed by atoms with Crippen molar-refractivity contribution in [2.24, 2.45) is 0 Å². The van der Waals surface area contributed by atoms with E-state index in [9.17, 15) is 9.59 Å². The highest BCUT2D eigenvalue weighted by molar-refractivity contribution is 8.00. The van der Waals surface area contributed by atoms with Gasteiger partial charge in [0.2, 0.25) is 5.91 Å². The average Bonchev–Trinajstić information content (AvgIpc) is 3.21. The second-order valence-electron chi connectivity index (χ2n) is 7.12. The maximum Gasteiger partial charge on any atom is 0.321 e. The number of thioether (sulfide) groups is 1. The van der Waals surface area contributed by atoms with Gasteiger partial charge in [0.25, 0.3) is 0 Å². The number of aryl methyl sites for hydroxylation is 2. The number of aromatic nitrogens is 4. The Labute approximate surface area is 192 Å². The molecule has 2 heterocycles. The lowest BCUT2D eigenvalue weighted by atomic mass is 10.0. The van der Waals surface area contributed by atoms with Crippen molar-refractivity contribution in [3.05, 3.63) is 53.9 Å². The molecule has 2 N–H and O–H groups in total. The lowest BCUT2D eigenvalue weighted by Gasteiger charge is -2.19. The molecule has 0 saturated heterocycles. The van der Waals surface area contributed by atoms with E-state index >= 15 is 0 Å². The molecule has 0 spiro atoms. The molecular formula is C23H28N6O2S. The van der Waals surface area contributed by atoms with Crippen LogP contribution in [0.3, 0.4) is 0 Å². The monoisotopic (exact) mass is 452 g/mol. The number of hydrogen-bond donors (Lipinski definition) is 2. The van der Waals surface area contributed by atoms with Crippen LogP contribution in [0.1, 0.15) is 38.8 Å². The minimum absolute atomic E-state index is 0.391. The molecule has 0 aliphatic carbocycles. The third kappa shape index (κ3) is 5.16. The van der Waals surface area contributed by atoms with Gasteiger partial charge < -0.3 is 5.32 Å². The number of para-hydroxylation sites is 1. The first-order valence-electron chi connectivity index (χ1n) is 10.7. The summed E-state index contributed by atoms with van der Waals surface area (Å²) in [6.07, 6.45) is 5.14. The van der Waals surface area contributed by atoms with E-state index in [4.69, 9.17) is 0 Å². The molecule has 3 rings (SSSR count). The summed E-state index contributed by atoms with van der Waals surface area (Å²) in [5.41, 5.74) is 4.19. The molecule has 0 bridgehead atoms. The van der Waals surface area contributed by atoms with E-state index in [-0.39, 0.29) is 0 Å². The van der Waals surface area contributed by atoms with Crippen molar-refractivity contribution in [2.45, 2.75) is 50.9 Å². The van der Waals surface area contributed by atoms with Crippen LogP contribution in [0, 0.1) is 0 Å². The Hall–Kier alpha value is -3.20. The summed E-state index contributed by atoms with van der Waals surface area (Å²) in [7, 11) is 0. The van der Waals surface area contributed by atoms with Crippen molar-refractivity contribution >= 4 is 23.7 Å². The topological polar surface area (TPSA) is 102 Å². The van der Waals surface area contributed by atoms with Crippen LogP contribution in [0.25, 0.3) is 17.1 Å². The smallest absolute Gasteiger partial charge is 0.321 e. The van der Waals surface area contributed by atoms with Gasteiger partial charge in [-0.25, -0.2) is 4.79 Å². The molecular weight excluding hydrogens is 424 g/mol. The second kappa shape index (κ2) is 10.9. The normalized spacial score (nSPS) is 11.8. The number of pyridine rings is 1. The van der Waals surface area contributed by atoms with Gasteiger partial charge in [0.1, 0.15) is 0 Å². The van der Waals surface area contributed by atoms with Crippen molar-refractivity contribution in [1.29, 1.82) is 0 Å². The Morgan fingerprint density at radius 3 is 2.38 bits per heavy atom. The zero-order valence-electron chi connectivity index (χ0n) is 18.8. The Kier molecular flexibility index (Phi) is 7.99. The van der Waals surface area contributed by atoms with E-state index in [0.717, 1.165) is 35.2 Å². The summed E-state index contributed by atoms with van der Waals surface area (Å²) in [4.78, 5) is 28.5. The van der Waals surface area contributed by atoms with Gasteiger partial charge in [-0.3, -0.25) is 19.7 Å². The highest BCUT2D eigenvalue weighted by Gasteiger charge is 2.25. The summed E-state index contributed by atoms with van der Waals surface area (Å²) < 4.78 is 2.01. The van der Waals surface area contributed by atoms with Crippen LogP contribution in [-0.4, -0.2) is 43.5 Å². The fourth-order valence-electron chi connectivity index (χ4n) is 3.36. The molecule has 0 fully saturated rings. The van der Waals surface area contributed by atoms with Gasteiger partial charge in [-0.2, -0.15) is 0 Å². The molecule has 3 aromatic rings. The highest BCUT2D eigenvalue weighted by Crippen LogP contribution is 2.33. The SMILES string of the molecule is CCNC(=O)NC(=O)C(C)Sc1nnc(-c2cccnc2)n1-c1c(CC)cccc1CC. The van der Waals surface area contributed by atoms with Crippen LogP contribution in [0.4, 0.5) is 4.79 Å². The fourth-order valence-corrected chi connectivity index (χ4v) is 4.22. The largest absolute Gasteiger partial charge is 0.338 e. The second-order valence-corrected chi connectivity index (χ2v) is 8.43. The van der Waals surface area contributed by atoms with E-state index in [0.29, 0.717) is 17.5 Å². The standard InChI is InChI=1S/C23H28N6O2S/c1-5-16-10-8-11-17(6-2)19(16)29-20(18-12-9-13-24-14-18)27-28-23(29)32-15(4)21(30)26-22(31)25-7-3/h8-15H,5-7H2,1-4H3,(H2,25,26,30,31). The summed E-state index contributed by atoms with van der Waals surface area (Å²) in [6.45, 7) is 8.20. The molecule has 1 unspecified atom stereocenters. The minimum atomic E-state index is -0.554. The maximum atomic E-state index is 12.5. The molecule has 8 nitrogen and oxygen atoms in total. The molecule has 9 heteroatoms. The van der Waals surface area contributed by atoms with E-state index in [1.165, 1.54) is 11.8 Å². The summed E-state index contributed by atoms with van der Waals surface area (Å²) in [6, 6.07) is 9.54. The number of carbonyl (C=O) groups excluding carboxylic acids is 2. The van der Waals surface area contributed by atoms with Crippen LogP contribution in [0.15, 0.2) is 47.9 Å². The number of imide groups is 1. The zero-order valence-corrected chi connectivity index (χ0v) is 19.6. The first kappa shape index (κ1) is 23.5. The fraction of sp³-hybridized carbons (Fsp3) is 0.348. The van der Waals surface area contributed by atoms with E-state index in [2.05, 4.69) is 57.9 Å². The molecule has 0 saturated carbocycles. The molecule has 1 atom stereocenters. The molecule has 0 radical (unpaired) electrons. The number of amides is 3. The summed E-state index contributed by atoms with van der Waals surface area (Å²) in [5.74, 6) is 0.269. The lowest BCUT2D eigenvalue weighted by molar-refractivity contribution is -0.119. The van der Waals surface area contributed by atoms with Crippen molar-refractivity contribution in [3.8, 4) is 17.1 Å². The number of nitrogens with one attached hydrogen (secondary N) is 2. The number of nitrogens with zero attached hydrogens (tertiary/aromatic N) is 4. The highest BCUT2D eigenvalue weighted by atomic mass is 32.2. The lowest BCUT2D eigenvalue weighted by Crippen LogP contribution is -2.42. The van der Waals surface area contributed by atoms with Crippen LogP contribution < -0.4 is 10.6 Å². The molecule has 32 heavy (non-hydrogen) atoms. The summed E-state index contributed by atoms with van der Waals surface area (Å²) in [5, 5.41) is 13.8. The van der Waals surface area contributed by atoms with Crippen LogP contribution in [-0.2, 0) is 17.6 Å². The van der Waals surface area contributed by atoms with Gasteiger partial charge in [-0.15, -0.1) is 10.2 Å². The Morgan fingerprint density at radius 1 is 1.06 bits per heavy atom. The molecule has 168 valence electrons. The van der Waals surface area contributed by atoms with Crippen molar-refractivity contribution < 1.29 is 9.59 Å². The molecule has 3 amide bonds. The number of hydrogen-bond acceptors (Lipinski definition) is 6. The predicted molar refractivity (Wildman–Crippen MR) is 126 cm³/mol. The molecule has 0 aliphatic rings. The number of benzene rings is 1. The Morgan fingerprint density at radius 2 is 1.78 bits per heavy atom. The Bertz CT molecular complexity index is 1060. The van der Waals surface area contributed by atoms with Gasteiger partial charge >= 0.3 is 6.03 Å². The molecule has 2 aromatic heterocycles. The Balaban J connectivity index is 2.07. The third-order valence-electron chi connectivity index (χ3n) is 4.97. The summed E-state index contributed by atoms with van der Waals surface area (Å²) >= 11 is 1.26. The molecule has 1 aromatic carbocycles. The van der Waals surface area contributed by atoms with E-state index < -0.39 is 17.2 Å². The first-order valence-corrected chi connectivity index (χ1v) is 11.6. The van der Waals surface area contributed by atoms with Crippen molar-refractivity contribution in [2.75, 3.05) is 6.54 Å². The number of rotatable bonds is 8. The van der Waals surface area contributed by atoms with Gasteiger partial charge in [0, 0.05) is 24.5 Å². The van der Waals surface area contributed by atoms with Crippen LogP contribution >= 0.6 is 11.8 Å². The van der Waals surface area contributed by atoms with Crippen LogP contribution in [0.5, 0.6) is 0 Å². The third-order valence-corrected chi connectivity index (χ3v) is 6.01. The van der Waals surface area contributed by atoms with Crippen LogP contribution in [0.2, 0.25) is 0 Å². The maximum absolute atomic E-state index is 12.5. The zero-order chi connectivity index (χ0) is 23.1. The minimum Gasteiger partial charge on any atom is -0.338 e. The van der Waals surface area contributed by atoms with Gasteiger partial charge in [-0.1, -0.05) is 43.8 Å². The number of carbonyl (C=O) groups is 2. The van der Waals surface area contributed by atoms with E-state index in [1.807, 2.05) is 16.7 Å². The van der Waals surface area contributed by atoms with Gasteiger partial charge in [0.05, 0.1) is 10.9 Å².